The van der Waals surface area contributed by atoms with Gasteiger partial charge >= 0.3 is 0 Å². The second kappa shape index (κ2) is 7.08. The predicted molar refractivity (Wildman–Crippen MR) is 99.5 cm³/mol. The molecule has 0 spiro atoms. The van der Waals surface area contributed by atoms with Crippen LogP contribution >= 0.6 is 23.2 Å². The first-order valence-electron chi connectivity index (χ1n) is 8.11. The number of hydrogen-bond donors (Lipinski definition) is 0. The molecule has 0 fully saturated rings. The minimum Gasteiger partial charge on any atom is -0.294 e. The highest BCUT2D eigenvalue weighted by Gasteiger charge is 2.20. The van der Waals surface area contributed by atoms with Crippen molar-refractivity contribution in [3.8, 4) is 11.4 Å². The van der Waals surface area contributed by atoms with Crippen molar-refractivity contribution in [1.29, 1.82) is 0 Å². The van der Waals surface area contributed by atoms with Crippen molar-refractivity contribution in [2.45, 2.75) is 19.5 Å². The van der Waals surface area contributed by atoms with Crippen molar-refractivity contribution < 1.29 is 0 Å². The molecule has 6 heteroatoms. The summed E-state index contributed by atoms with van der Waals surface area (Å²) in [6, 6.07) is 10.1. The first kappa shape index (κ1) is 16.5. The lowest BCUT2D eigenvalue weighted by molar-refractivity contribution is 0.243. The third-order valence-corrected chi connectivity index (χ3v) is 5.03. The number of nitrogens with zero attached hydrogens (tertiary/aromatic N) is 4. The molecule has 0 aliphatic carbocycles. The van der Waals surface area contributed by atoms with Crippen molar-refractivity contribution in [2.24, 2.45) is 0 Å². The molecule has 3 heterocycles. The lowest BCUT2D eigenvalue weighted by Crippen LogP contribution is -2.31. The Morgan fingerprint density at radius 2 is 1.76 bits per heavy atom. The molecule has 4 rings (SSSR count). The zero-order valence-electron chi connectivity index (χ0n) is 13.5. The van der Waals surface area contributed by atoms with Gasteiger partial charge < -0.3 is 0 Å². The van der Waals surface area contributed by atoms with Crippen LogP contribution in [0.4, 0.5) is 0 Å². The maximum Gasteiger partial charge on any atom is 0.159 e. The number of hydrogen-bond acceptors (Lipinski definition) is 4. The second-order valence-electron chi connectivity index (χ2n) is 6.07. The van der Waals surface area contributed by atoms with Crippen molar-refractivity contribution in [1.82, 2.24) is 19.9 Å². The van der Waals surface area contributed by atoms with Crippen LogP contribution in [0.15, 0.2) is 48.9 Å². The summed E-state index contributed by atoms with van der Waals surface area (Å²) in [5, 5.41) is 1.21. The average molecular weight is 371 g/mol. The highest BCUT2D eigenvalue weighted by Crippen LogP contribution is 2.27. The van der Waals surface area contributed by atoms with Gasteiger partial charge in [-0.2, -0.15) is 0 Å². The molecule has 4 nitrogen and oxygen atoms in total. The van der Waals surface area contributed by atoms with E-state index in [-0.39, 0.29) is 0 Å². The van der Waals surface area contributed by atoms with E-state index in [9.17, 15) is 0 Å². The van der Waals surface area contributed by atoms with Crippen LogP contribution in [-0.4, -0.2) is 26.4 Å². The molecule has 2 aromatic heterocycles. The van der Waals surface area contributed by atoms with Crippen LogP contribution in [0.5, 0.6) is 0 Å². The maximum absolute atomic E-state index is 6.24. The Hall–Kier alpha value is -2.01. The van der Waals surface area contributed by atoms with E-state index in [1.807, 2.05) is 36.5 Å². The van der Waals surface area contributed by atoms with Gasteiger partial charge in [0, 0.05) is 61.3 Å². The molecule has 0 radical (unpaired) electrons. The van der Waals surface area contributed by atoms with Gasteiger partial charge in [0.25, 0.3) is 0 Å². The van der Waals surface area contributed by atoms with Gasteiger partial charge in [0.05, 0.1) is 15.7 Å². The van der Waals surface area contributed by atoms with Gasteiger partial charge in [-0.15, -0.1) is 0 Å². The van der Waals surface area contributed by atoms with E-state index in [1.54, 1.807) is 12.4 Å². The minimum absolute atomic E-state index is 0.606. The molecule has 0 saturated heterocycles. The van der Waals surface area contributed by atoms with Crippen LogP contribution in [0.2, 0.25) is 10.0 Å². The van der Waals surface area contributed by atoms with Gasteiger partial charge in [0.1, 0.15) is 0 Å². The summed E-state index contributed by atoms with van der Waals surface area (Å²) in [5.74, 6) is 0.785. The molecule has 3 aromatic rings. The van der Waals surface area contributed by atoms with Crippen molar-refractivity contribution in [2.75, 3.05) is 6.54 Å². The van der Waals surface area contributed by atoms with Crippen LogP contribution in [0, 0.1) is 0 Å². The fourth-order valence-electron chi connectivity index (χ4n) is 3.05. The SMILES string of the molecule is Clc1cncc(Cl)c1CN1CCc2nc(-c3ccccc3)ncc2C1. The molecule has 0 N–H and O–H groups in total. The Morgan fingerprint density at radius 1 is 1.00 bits per heavy atom. The summed E-state index contributed by atoms with van der Waals surface area (Å²) >= 11 is 12.5. The molecule has 1 aliphatic heterocycles. The van der Waals surface area contributed by atoms with Gasteiger partial charge in [-0.3, -0.25) is 9.88 Å². The summed E-state index contributed by atoms with van der Waals surface area (Å²) in [7, 11) is 0. The van der Waals surface area contributed by atoms with Crippen molar-refractivity contribution >= 4 is 23.2 Å². The third-order valence-electron chi connectivity index (χ3n) is 4.38. The molecule has 1 aromatic carbocycles. The molecule has 0 unspecified atom stereocenters. The van der Waals surface area contributed by atoms with Gasteiger partial charge in [0.15, 0.2) is 5.82 Å². The standard InChI is InChI=1S/C19H16Cl2N4/c20-16-9-22-10-17(21)15(16)12-25-7-6-18-14(11-25)8-23-19(24-18)13-4-2-1-3-5-13/h1-5,8-10H,6-7,11-12H2. The van der Waals surface area contributed by atoms with E-state index in [0.717, 1.165) is 47.7 Å². The molecule has 126 valence electrons. The van der Waals surface area contributed by atoms with E-state index in [2.05, 4.69) is 14.9 Å². The number of aromatic nitrogens is 3. The Balaban J connectivity index is 1.54. The van der Waals surface area contributed by atoms with E-state index in [0.29, 0.717) is 16.6 Å². The Bertz CT molecular complexity index is 879. The Morgan fingerprint density at radius 3 is 2.52 bits per heavy atom. The normalized spacial score (nSPS) is 14.3. The molecular weight excluding hydrogens is 355 g/mol. The van der Waals surface area contributed by atoms with Crippen molar-refractivity contribution in [3.05, 3.63) is 75.8 Å². The number of benzene rings is 1. The lowest BCUT2D eigenvalue weighted by Gasteiger charge is -2.28. The molecule has 0 atom stereocenters. The van der Waals surface area contributed by atoms with E-state index in [4.69, 9.17) is 28.2 Å². The van der Waals surface area contributed by atoms with Gasteiger partial charge in [-0.25, -0.2) is 9.97 Å². The van der Waals surface area contributed by atoms with E-state index >= 15 is 0 Å². The van der Waals surface area contributed by atoms with Gasteiger partial charge in [-0.1, -0.05) is 53.5 Å². The quantitative estimate of drug-likeness (QED) is 0.684. The van der Waals surface area contributed by atoms with E-state index < -0.39 is 0 Å². The summed E-state index contributed by atoms with van der Waals surface area (Å²) in [5.41, 5.74) is 4.25. The Kier molecular flexibility index (Phi) is 4.66. The van der Waals surface area contributed by atoms with Gasteiger partial charge in [0.2, 0.25) is 0 Å². The minimum atomic E-state index is 0.606. The maximum atomic E-state index is 6.24. The molecular formula is C19H16Cl2N4. The molecule has 25 heavy (non-hydrogen) atoms. The summed E-state index contributed by atoms with van der Waals surface area (Å²) < 4.78 is 0. The summed E-state index contributed by atoms with van der Waals surface area (Å²) in [6.45, 7) is 2.40. The van der Waals surface area contributed by atoms with Crippen LogP contribution in [0.1, 0.15) is 16.8 Å². The molecule has 0 bridgehead atoms. The fourth-order valence-corrected chi connectivity index (χ4v) is 3.53. The first-order valence-corrected chi connectivity index (χ1v) is 8.87. The lowest BCUT2D eigenvalue weighted by atomic mass is 10.1. The van der Waals surface area contributed by atoms with Crippen molar-refractivity contribution in [3.63, 3.8) is 0 Å². The zero-order chi connectivity index (χ0) is 17.2. The largest absolute Gasteiger partial charge is 0.294 e. The van der Waals surface area contributed by atoms with Gasteiger partial charge in [-0.05, 0) is 0 Å². The highest BCUT2D eigenvalue weighted by molar-refractivity contribution is 6.35. The number of rotatable bonds is 3. The molecule has 0 saturated carbocycles. The number of halogens is 2. The van der Waals surface area contributed by atoms with Crippen LogP contribution in [0.3, 0.4) is 0 Å². The number of fused-ring (bicyclic) bond motifs is 1. The predicted octanol–water partition coefficient (Wildman–Crippen LogP) is 4.40. The first-order chi connectivity index (χ1) is 12.2. The smallest absolute Gasteiger partial charge is 0.159 e. The zero-order valence-corrected chi connectivity index (χ0v) is 15.0. The second-order valence-corrected chi connectivity index (χ2v) is 6.89. The topological polar surface area (TPSA) is 41.9 Å². The molecule has 0 amide bonds. The molecule has 1 aliphatic rings. The number of pyridine rings is 1. The monoisotopic (exact) mass is 370 g/mol. The van der Waals surface area contributed by atoms with Crippen LogP contribution in [0.25, 0.3) is 11.4 Å². The Labute approximate surface area is 156 Å². The highest BCUT2D eigenvalue weighted by atomic mass is 35.5. The third kappa shape index (κ3) is 3.52. The summed E-state index contributed by atoms with van der Waals surface area (Å²) in [6.07, 6.45) is 6.09. The average Bonchev–Trinajstić information content (AvgIpc) is 2.65. The summed E-state index contributed by atoms with van der Waals surface area (Å²) in [4.78, 5) is 15.6. The fraction of sp³-hybridized carbons (Fsp3) is 0.211. The van der Waals surface area contributed by atoms with Crippen LogP contribution in [-0.2, 0) is 19.5 Å². The van der Waals surface area contributed by atoms with Crippen LogP contribution < -0.4 is 0 Å². The van der Waals surface area contributed by atoms with E-state index in [1.165, 1.54) is 0 Å².